The van der Waals surface area contributed by atoms with Gasteiger partial charge in [-0.2, -0.15) is 0 Å². The standard InChI is InChI=1S/C22H22F2N2O4/c23-19-5-1-15(2-6-19)17-9-11-25(13-17)29-21(27)22(28)30-26-12-10-18(14-26)16-3-7-20(24)8-4-16/h1-8,17-18H,9-14H2. The second-order valence-corrected chi connectivity index (χ2v) is 7.61. The van der Waals surface area contributed by atoms with Gasteiger partial charge in [0, 0.05) is 38.0 Å². The topological polar surface area (TPSA) is 59.1 Å². The molecule has 0 aliphatic carbocycles. The van der Waals surface area contributed by atoms with Crippen LogP contribution in [0.4, 0.5) is 8.78 Å². The van der Waals surface area contributed by atoms with Gasteiger partial charge < -0.3 is 9.68 Å². The van der Waals surface area contributed by atoms with Crippen LogP contribution in [-0.2, 0) is 19.3 Å². The quantitative estimate of drug-likeness (QED) is 0.714. The monoisotopic (exact) mass is 416 g/mol. The van der Waals surface area contributed by atoms with E-state index in [2.05, 4.69) is 0 Å². The van der Waals surface area contributed by atoms with Crippen LogP contribution in [-0.4, -0.2) is 48.2 Å². The maximum atomic E-state index is 13.1. The van der Waals surface area contributed by atoms with Gasteiger partial charge in [-0.15, -0.1) is 10.1 Å². The van der Waals surface area contributed by atoms with Crippen molar-refractivity contribution in [3.05, 3.63) is 71.3 Å². The molecule has 0 saturated carbocycles. The molecule has 4 rings (SSSR count). The molecule has 2 aromatic carbocycles. The Hall–Kier alpha value is -2.84. The minimum atomic E-state index is -1.07. The highest BCUT2D eigenvalue weighted by Crippen LogP contribution is 2.29. The predicted molar refractivity (Wildman–Crippen MR) is 103 cm³/mol. The van der Waals surface area contributed by atoms with Crippen LogP contribution >= 0.6 is 0 Å². The second-order valence-electron chi connectivity index (χ2n) is 7.61. The Bertz CT molecular complexity index is 829. The van der Waals surface area contributed by atoms with Crippen molar-refractivity contribution in [1.29, 1.82) is 0 Å². The van der Waals surface area contributed by atoms with Crippen LogP contribution in [0.1, 0.15) is 35.8 Å². The summed E-state index contributed by atoms with van der Waals surface area (Å²) in [6.45, 7) is 1.83. The van der Waals surface area contributed by atoms with Gasteiger partial charge in [0.2, 0.25) is 0 Å². The summed E-state index contributed by atoms with van der Waals surface area (Å²) >= 11 is 0. The molecule has 158 valence electrons. The summed E-state index contributed by atoms with van der Waals surface area (Å²) in [7, 11) is 0. The number of carbonyl (C=O) groups excluding carboxylic acids is 2. The molecule has 6 nitrogen and oxygen atoms in total. The number of hydrogen-bond donors (Lipinski definition) is 0. The fourth-order valence-electron chi connectivity index (χ4n) is 3.95. The van der Waals surface area contributed by atoms with Crippen molar-refractivity contribution >= 4 is 11.9 Å². The third-order valence-corrected chi connectivity index (χ3v) is 5.58. The Morgan fingerprint density at radius 1 is 0.700 bits per heavy atom. The molecule has 0 spiro atoms. The summed E-state index contributed by atoms with van der Waals surface area (Å²) in [5, 5.41) is 2.87. The fraction of sp³-hybridized carbons (Fsp3) is 0.364. The van der Waals surface area contributed by atoms with Crippen LogP contribution in [0.3, 0.4) is 0 Å². The fourth-order valence-corrected chi connectivity index (χ4v) is 3.95. The molecule has 2 heterocycles. The van der Waals surface area contributed by atoms with Gasteiger partial charge in [0.05, 0.1) is 0 Å². The highest BCUT2D eigenvalue weighted by Gasteiger charge is 2.32. The van der Waals surface area contributed by atoms with Gasteiger partial charge in [0.15, 0.2) is 0 Å². The van der Waals surface area contributed by atoms with Crippen LogP contribution in [0.25, 0.3) is 0 Å². The largest absolute Gasteiger partial charge is 0.438 e. The summed E-state index contributed by atoms with van der Waals surface area (Å²) in [5.74, 6) is -2.54. The lowest BCUT2D eigenvalue weighted by Gasteiger charge is -2.18. The van der Waals surface area contributed by atoms with Crippen molar-refractivity contribution in [2.24, 2.45) is 0 Å². The summed E-state index contributed by atoms with van der Waals surface area (Å²) in [4.78, 5) is 34.5. The normalized spacial score (nSPS) is 22.2. The zero-order valence-corrected chi connectivity index (χ0v) is 16.3. The van der Waals surface area contributed by atoms with Crippen molar-refractivity contribution in [2.45, 2.75) is 24.7 Å². The Morgan fingerprint density at radius 2 is 1.07 bits per heavy atom. The molecule has 0 aromatic heterocycles. The number of benzene rings is 2. The molecule has 0 N–H and O–H groups in total. The Kier molecular flexibility index (Phi) is 6.06. The van der Waals surface area contributed by atoms with Crippen molar-refractivity contribution in [1.82, 2.24) is 10.1 Å². The highest BCUT2D eigenvalue weighted by atomic mass is 19.1. The lowest BCUT2D eigenvalue weighted by atomic mass is 9.99. The molecule has 2 unspecified atom stereocenters. The second kappa shape index (κ2) is 8.89. The van der Waals surface area contributed by atoms with Gasteiger partial charge in [-0.05, 0) is 48.2 Å². The average molecular weight is 416 g/mol. The molecule has 2 aliphatic heterocycles. The van der Waals surface area contributed by atoms with Crippen molar-refractivity contribution in [2.75, 3.05) is 26.2 Å². The highest BCUT2D eigenvalue weighted by molar-refractivity contribution is 6.29. The number of nitrogens with zero attached hydrogens (tertiary/aromatic N) is 2. The maximum absolute atomic E-state index is 13.1. The van der Waals surface area contributed by atoms with E-state index < -0.39 is 11.9 Å². The van der Waals surface area contributed by atoms with E-state index in [1.807, 2.05) is 0 Å². The SMILES string of the molecule is O=C(ON1CCC(c2ccc(F)cc2)C1)C(=O)ON1CCC(c2ccc(F)cc2)C1. The van der Waals surface area contributed by atoms with E-state index in [4.69, 9.17) is 9.68 Å². The number of carbonyl (C=O) groups is 2. The van der Waals surface area contributed by atoms with Gasteiger partial charge in [0.1, 0.15) is 11.6 Å². The van der Waals surface area contributed by atoms with Crippen molar-refractivity contribution in [3.63, 3.8) is 0 Å². The van der Waals surface area contributed by atoms with E-state index in [1.165, 1.54) is 34.4 Å². The third-order valence-electron chi connectivity index (χ3n) is 5.58. The molecule has 0 bridgehead atoms. The molecule has 2 fully saturated rings. The van der Waals surface area contributed by atoms with Gasteiger partial charge in [-0.3, -0.25) is 0 Å². The molecule has 30 heavy (non-hydrogen) atoms. The van der Waals surface area contributed by atoms with E-state index in [0.717, 1.165) is 24.0 Å². The molecule has 8 heteroatoms. The maximum Gasteiger partial charge on any atom is 0.438 e. The molecule has 0 radical (unpaired) electrons. The number of halogens is 2. The molecule has 2 saturated heterocycles. The minimum absolute atomic E-state index is 0.101. The van der Waals surface area contributed by atoms with Crippen LogP contribution in [0, 0.1) is 11.6 Å². The van der Waals surface area contributed by atoms with Crippen LogP contribution in [0.15, 0.2) is 48.5 Å². The third kappa shape index (κ3) is 4.83. The zero-order chi connectivity index (χ0) is 21.1. The van der Waals surface area contributed by atoms with E-state index >= 15 is 0 Å². The summed E-state index contributed by atoms with van der Waals surface area (Å²) < 4.78 is 26.1. The Balaban J connectivity index is 1.24. The van der Waals surface area contributed by atoms with Gasteiger partial charge in [-0.1, -0.05) is 24.3 Å². The summed E-state index contributed by atoms with van der Waals surface area (Å²) in [6.07, 6.45) is 1.47. The molecular weight excluding hydrogens is 394 g/mol. The van der Waals surface area contributed by atoms with Gasteiger partial charge in [0.25, 0.3) is 0 Å². The first-order valence-corrected chi connectivity index (χ1v) is 9.93. The predicted octanol–water partition coefficient (Wildman–Crippen LogP) is 3.16. The van der Waals surface area contributed by atoms with Crippen LogP contribution in [0.5, 0.6) is 0 Å². The van der Waals surface area contributed by atoms with Crippen LogP contribution < -0.4 is 0 Å². The molecule has 2 atom stereocenters. The zero-order valence-electron chi connectivity index (χ0n) is 16.3. The molecule has 2 aliphatic rings. The minimum Gasteiger partial charge on any atom is -0.359 e. The van der Waals surface area contributed by atoms with E-state index in [-0.39, 0.29) is 23.5 Å². The molecular formula is C22H22F2N2O4. The number of hydroxylamine groups is 4. The smallest absolute Gasteiger partial charge is 0.359 e. The van der Waals surface area contributed by atoms with E-state index in [9.17, 15) is 18.4 Å². The average Bonchev–Trinajstić information content (AvgIpc) is 3.39. The van der Waals surface area contributed by atoms with Gasteiger partial charge >= 0.3 is 11.9 Å². The number of rotatable bonds is 4. The van der Waals surface area contributed by atoms with E-state index in [1.54, 1.807) is 24.3 Å². The molecule has 0 amide bonds. The lowest BCUT2D eigenvalue weighted by Crippen LogP contribution is -2.34. The number of hydrogen-bond acceptors (Lipinski definition) is 6. The first-order valence-electron chi connectivity index (χ1n) is 9.93. The summed E-state index contributed by atoms with van der Waals surface area (Å²) in [6, 6.07) is 12.4. The Labute approximate surface area is 172 Å². The lowest BCUT2D eigenvalue weighted by molar-refractivity contribution is -0.213. The Morgan fingerprint density at radius 3 is 1.43 bits per heavy atom. The van der Waals surface area contributed by atoms with Crippen LogP contribution in [0.2, 0.25) is 0 Å². The van der Waals surface area contributed by atoms with E-state index in [0.29, 0.717) is 26.2 Å². The van der Waals surface area contributed by atoms with Gasteiger partial charge in [-0.25, -0.2) is 18.4 Å². The first kappa shape index (κ1) is 20.4. The summed E-state index contributed by atoms with van der Waals surface area (Å²) in [5.41, 5.74) is 1.92. The molecule has 2 aromatic rings. The first-order chi connectivity index (χ1) is 14.5. The van der Waals surface area contributed by atoms with Crippen molar-refractivity contribution < 1.29 is 28.0 Å². The van der Waals surface area contributed by atoms with Crippen molar-refractivity contribution in [3.8, 4) is 0 Å².